The van der Waals surface area contributed by atoms with E-state index in [2.05, 4.69) is 9.71 Å². The molecule has 1 aromatic heterocycles. The predicted molar refractivity (Wildman–Crippen MR) is 142 cm³/mol. The lowest BCUT2D eigenvalue weighted by Crippen LogP contribution is -2.46. The van der Waals surface area contributed by atoms with E-state index < -0.39 is 15.6 Å². The third-order valence-corrected chi connectivity index (χ3v) is 7.84. The van der Waals surface area contributed by atoms with Gasteiger partial charge in [-0.15, -0.1) is 0 Å². The number of sulfonamides is 1. The molecule has 2 aromatic carbocycles. The van der Waals surface area contributed by atoms with Crippen molar-refractivity contribution in [1.82, 2.24) is 9.88 Å². The van der Waals surface area contributed by atoms with Crippen LogP contribution in [0.2, 0.25) is 0 Å². The Morgan fingerprint density at radius 3 is 2.50 bits per heavy atom. The maximum atomic E-state index is 13.0. The minimum atomic E-state index is -3.87. The first kappa shape index (κ1) is 25.6. The Balaban J connectivity index is 1.41. The van der Waals surface area contributed by atoms with Gasteiger partial charge in [0, 0.05) is 35.9 Å². The number of aromatic nitrogens is 1. The number of piperidine rings is 1. The number of hydrogen-bond donors (Lipinski definition) is 2. The highest BCUT2D eigenvalue weighted by atomic mass is 32.2. The van der Waals surface area contributed by atoms with Crippen LogP contribution < -0.4 is 4.72 Å². The van der Waals surface area contributed by atoms with E-state index in [9.17, 15) is 18.3 Å². The SMILES string of the molecule is C/C=C\C=C(/C)CC1(O)CCN(C(=O)c2ccc(NS(=O)(=O)c3cccc4cccnc34)cc2)CC1. The van der Waals surface area contributed by atoms with E-state index in [1.54, 1.807) is 47.5 Å². The highest BCUT2D eigenvalue weighted by Crippen LogP contribution is 2.30. The second-order valence-electron chi connectivity index (χ2n) is 9.25. The molecule has 0 unspecified atom stereocenters. The summed E-state index contributed by atoms with van der Waals surface area (Å²) in [5.41, 5.74) is 1.53. The normalized spacial score (nSPS) is 16.4. The number of para-hydroxylation sites is 1. The molecule has 0 aliphatic carbocycles. The number of hydrogen-bond acceptors (Lipinski definition) is 5. The van der Waals surface area contributed by atoms with E-state index in [0.29, 0.717) is 49.1 Å². The van der Waals surface area contributed by atoms with Crippen molar-refractivity contribution in [3.8, 4) is 0 Å². The van der Waals surface area contributed by atoms with Gasteiger partial charge in [0.25, 0.3) is 15.9 Å². The first-order valence-corrected chi connectivity index (χ1v) is 13.5. The number of anilines is 1. The van der Waals surface area contributed by atoms with E-state index in [1.807, 2.05) is 44.2 Å². The van der Waals surface area contributed by atoms with Crippen molar-refractivity contribution in [2.45, 2.75) is 43.6 Å². The molecule has 7 nitrogen and oxygen atoms in total. The molecule has 188 valence electrons. The minimum Gasteiger partial charge on any atom is -0.389 e. The van der Waals surface area contributed by atoms with Crippen LogP contribution in [0.25, 0.3) is 10.9 Å². The van der Waals surface area contributed by atoms with E-state index in [4.69, 9.17) is 0 Å². The van der Waals surface area contributed by atoms with Gasteiger partial charge in [0.1, 0.15) is 4.90 Å². The van der Waals surface area contributed by atoms with Crippen LogP contribution >= 0.6 is 0 Å². The number of pyridine rings is 1. The lowest BCUT2D eigenvalue weighted by Gasteiger charge is -2.38. The predicted octanol–water partition coefficient (Wildman–Crippen LogP) is 4.92. The van der Waals surface area contributed by atoms with Crippen LogP contribution in [0.15, 0.2) is 89.5 Å². The van der Waals surface area contributed by atoms with Crippen LogP contribution in [-0.2, 0) is 10.0 Å². The number of benzene rings is 2. The molecule has 1 fully saturated rings. The quantitative estimate of drug-likeness (QED) is 0.444. The lowest BCUT2D eigenvalue weighted by atomic mass is 9.85. The third kappa shape index (κ3) is 5.83. The number of nitrogens with one attached hydrogen (secondary N) is 1. The minimum absolute atomic E-state index is 0.0948. The summed E-state index contributed by atoms with van der Waals surface area (Å²) in [5, 5.41) is 11.7. The summed E-state index contributed by atoms with van der Waals surface area (Å²) in [6.07, 6.45) is 9.08. The fraction of sp³-hybridized carbons (Fsp3) is 0.286. The first-order valence-electron chi connectivity index (χ1n) is 12.0. The van der Waals surface area contributed by atoms with E-state index >= 15 is 0 Å². The third-order valence-electron chi connectivity index (χ3n) is 6.43. The fourth-order valence-electron chi connectivity index (χ4n) is 4.51. The summed E-state index contributed by atoms with van der Waals surface area (Å²) in [5.74, 6) is -0.133. The number of nitrogens with zero attached hydrogens (tertiary/aromatic N) is 2. The van der Waals surface area contributed by atoms with E-state index in [-0.39, 0.29) is 10.8 Å². The number of rotatable bonds is 7. The Bertz CT molecular complexity index is 1400. The second kappa shape index (κ2) is 10.6. The van der Waals surface area contributed by atoms with Gasteiger partial charge in [-0.3, -0.25) is 14.5 Å². The average molecular weight is 506 g/mol. The van der Waals surface area contributed by atoms with Gasteiger partial charge in [0.05, 0.1) is 11.1 Å². The van der Waals surface area contributed by atoms with Gasteiger partial charge in [-0.1, -0.05) is 42.0 Å². The maximum absolute atomic E-state index is 13.0. The number of fused-ring (bicyclic) bond motifs is 1. The van der Waals surface area contributed by atoms with Crippen molar-refractivity contribution in [2.75, 3.05) is 17.8 Å². The Hall–Kier alpha value is -3.49. The Morgan fingerprint density at radius 2 is 1.81 bits per heavy atom. The molecule has 0 saturated carbocycles. The molecule has 36 heavy (non-hydrogen) atoms. The zero-order valence-corrected chi connectivity index (χ0v) is 21.3. The van der Waals surface area contributed by atoms with Gasteiger partial charge >= 0.3 is 0 Å². The Kier molecular flexibility index (Phi) is 7.56. The van der Waals surface area contributed by atoms with Gasteiger partial charge in [0.2, 0.25) is 0 Å². The highest BCUT2D eigenvalue weighted by Gasteiger charge is 2.34. The largest absolute Gasteiger partial charge is 0.389 e. The summed E-state index contributed by atoms with van der Waals surface area (Å²) in [6, 6.07) is 15.0. The fourth-order valence-corrected chi connectivity index (χ4v) is 5.75. The number of amides is 1. The average Bonchev–Trinajstić information content (AvgIpc) is 2.87. The summed E-state index contributed by atoms with van der Waals surface area (Å²) < 4.78 is 28.6. The van der Waals surface area contributed by atoms with Crippen LogP contribution in [0.5, 0.6) is 0 Å². The van der Waals surface area contributed by atoms with E-state index in [0.717, 1.165) is 11.0 Å². The lowest BCUT2D eigenvalue weighted by molar-refractivity contribution is -0.0161. The van der Waals surface area contributed by atoms with Crippen molar-refractivity contribution >= 4 is 32.5 Å². The first-order chi connectivity index (χ1) is 17.2. The Morgan fingerprint density at radius 1 is 1.11 bits per heavy atom. The van der Waals surface area contributed by atoms with Crippen molar-refractivity contribution in [3.05, 3.63) is 90.2 Å². The molecule has 0 spiro atoms. The molecule has 0 atom stereocenters. The molecule has 4 rings (SSSR count). The highest BCUT2D eigenvalue weighted by molar-refractivity contribution is 7.93. The second-order valence-corrected chi connectivity index (χ2v) is 10.9. The molecule has 0 radical (unpaired) electrons. The number of likely N-dealkylation sites (tertiary alicyclic amines) is 1. The summed E-state index contributed by atoms with van der Waals surface area (Å²) in [4.78, 5) is 19.1. The van der Waals surface area contributed by atoms with Crippen LogP contribution in [-0.4, -0.2) is 48.0 Å². The zero-order chi connectivity index (χ0) is 25.8. The van der Waals surface area contributed by atoms with Crippen molar-refractivity contribution in [1.29, 1.82) is 0 Å². The van der Waals surface area contributed by atoms with Crippen molar-refractivity contribution < 1.29 is 18.3 Å². The van der Waals surface area contributed by atoms with Crippen LogP contribution in [0.4, 0.5) is 5.69 Å². The molecule has 8 heteroatoms. The van der Waals surface area contributed by atoms with Gasteiger partial charge in [-0.25, -0.2) is 8.42 Å². The molecule has 1 amide bonds. The number of carbonyl (C=O) groups is 1. The molecule has 2 N–H and O–H groups in total. The van der Waals surface area contributed by atoms with Crippen LogP contribution in [0.1, 0.15) is 43.5 Å². The van der Waals surface area contributed by atoms with E-state index in [1.165, 1.54) is 6.07 Å². The van der Waals surface area contributed by atoms with Crippen molar-refractivity contribution in [3.63, 3.8) is 0 Å². The van der Waals surface area contributed by atoms with Gasteiger partial charge < -0.3 is 10.0 Å². The van der Waals surface area contributed by atoms with Gasteiger partial charge in [-0.05, 0) is 69.5 Å². The molecule has 1 aliphatic rings. The number of allylic oxidation sites excluding steroid dienone is 3. The molecular weight excluding hydrogens is 474 g/mol. The smallest absolute Gasteiger partial charge is 0.264 e. The monoisotopic (exact) mass is 505 g/mol. The molecule has 2 heterocycles. The van der Waals surface area contributed by atoms with Gasteiger partial charge in [0.15, 0.2) is 0 Å². The summed E-state index contributed by atoms with van der Waals surface area (Å²) in [7, 11) is -3.87. The molecule has 0 bridgehead atoms. The zero-order valence-electron chi connectivity index (χ0n) is 20.5. The van der Waals surface area contributed by atoms with Crippen LogP contribution in [0, 0.1) is 0 Å². The summed E-state index contributed by atoms with van der Waals surface area (Å²) in [6.45, 7) is 4.89. The Labute approximate surface area is 212 Å². The molecule has 1 aliphatic heterocycles. The van der Waals surface area contributed by atoms with Gasteiger partial charge in [-0.2, -0.15) is 0 Å². The maximum Gasteiger partial charge on any atom is 0.264 e. The topological polar surface area (TPSA) is 99.6 Å². The number of aliphatic hydroxyl groups is 1. The summed E-state index contributed by atoms with van der Waals surface area (Å²) >= 11 is 0. The molecule has 1 saturated heterocycles. The molecule has 3 aromatic rings. The van der Waals surface area contributed by atoms with Crippen molar-refractivity contribution in [2.24, 2.45) is 0 Å². The standard InChI is InChI=1S/C28H31N3O4S/c1-3-4-7-21(2)20-28(33)15-18-31(19-16-28)27(32)23-11-13-24(14-12-23)30-36(34,35)25-10-5-8-22-9-6-17-29-26(22)25/h3-14,17,30,33H,15-16,18-20H2,1-2H3/b4-3-,21-7+. The van der Waals surface area contributed by atoms with Crippen LogP contribution in [0.3, 0.4) is 0 Å². The number of carbonyl (C=O) groups excluding carboxylic acids is 1. The molecular formula is C28H31N3O4S.